The van der Waals surface area contributed by atoms with Crippen molar-refractivity contribution in [2.45, 2.75) is 13.3 Å². The molecule has 0 aliphatic rings. The molecular formula is C19H21ClN2O5. The molecule has 0 aromatic heterocycles. The van der Waals surface area contributed by atoms with Crippen LogP contribution in [0.1, 0.15) is 34.1 Å². The molecule has 0 aliphatic carbocycles. The van der Waals surface area contributed by atoms with Crippen LogP contribution in [-0.4, -0.2) is 32.6 Å². The lowest BCUT2D eigenvalue weighted by Crippen LogP contribution is -2.41. The van der Waals surface area contributed by atoms with E-state index in [1.165, 1.54) is 26.4 Å². The zero-order valence-corrected chi connectivity index (χ0v) is 16.1. The molecule has 2 rings (SSSR count). The van der Waals surface area contributed by atoms with E-state index >= 15 is 0 Å². The summed E-state index contributed by atoms with van der Waals surface area (Å²) in [7, 11) is 2.93. The molecule has 0 aliphatic heterocycles. The second-order valence-corrected chi connectivity index (χ2v) is 5.90. The van der Waals surface area contributed by atoms with Gasteiger partial charge in [-0.3, -0.25) is 20.4 Å². The van der Waals surface area contributed by atoms with Crippen LogP contribution in [0.4, 0.5) is 0 Å². The quantitative estimate of drug-likeness (QED) is 0.706. The summed E-state index contributed by atoms with van der Waals surface area (Å²) >= 11 is 5.91. The van der Waals surface area contributed by atoms with Crippen LogP contribution in [0.15, 0.2) is 36.4 Å². The lowest BCUT2D eigenvalue weighted by molar-refractivity contribution is 0.0844. The molecule has 7 nitrogen and oxygen atoms in total. The number of hydrogen-bond acceptors (Lipinski definition) is 5. The average molecular weight is 393 g/mol. The normalized spacial score (nSPS) is 10.1. The van der Waals surface area contributed by atoms with Gasteiger partial charge in [-0.25, -0.2) is 0 Å². The molecule has 0 fully saturated rings. The minimum Gasteiger partial charge on any atom is -0.496 e. The summed E-state index contributed by atoms with van der Waals surface area (Å²) in [6, 6.07) is 9.38. The predicted octanol–water partition coefficient (Wildman–Crippen LogP) is 3.22. The van der Waals surface area contributed by atoms with E-state index < -0.39 is 11.8 Å². The number of hydrogen-bond donors (Lipinski definition) is 2. The fourth-order valence-corrected chi connectivity index (χ4v) is 2.42. The molecule has 0 saturated heterocycles. The number of amides is 2. The number of ether oxygens (including phenoxy) is 3. The second-order valence-electron chi connectivity index (χ2n) is 5.47. The summed E-state index contributed by atoms with van der Waals surface area (Å²) in [5.74, 6) is 0.245. The van der Waals surface area contributed by atoms with Gasteiger partial charge < -0.3 is 14.2 Å². The van der Waals surface area contributed by atoms with Crippen molar-refractivity contribution in [3.63, 3.8) is 0 Å². The van der Waals surface area contributed by atoms with Gasteiger partial charge in [-0.1, -0.05) is 18.5 Å². The van der Waals surface area contributed by atoms with Crippen molar-refractivity contribution in [1.29, 1.82) is 0 Å². The van der Waals surface area contributed by atoms with Crippen molar-refractivity contribution in [1.82, 2.24) is 10.9 Å². The molecule has 0 heterocycles. The highest BCUT2D eigenvalue weighted by molar-refractivity contribution is 6.31. The Kier molecular flexibility index (Phi) is 7.31. The minimum atomic E-state index is -0.558. The lowest BCUT2D eigenvalue weighted by atomic mass is 10.2. The number of nitrogens with one attached hydrogen (secondary N) is 2. The molecule has 8 heteroatoms. The van der Waals surface area contributed by atoms with E-state index in [1.807, 2.05) is 6.92 Å². The summed E-state index contributed by atoms with van der Waals surface area (Å²) in [5.41, 5.74) is 5.19. The van der Waals surface area contributed by atoms with E-state index in [0.29, 0.717) is 34.4 Å². The molecule has 27 heavy (non-hydrogen) atoms. The third-order valence-electron chi connectivity index (χ3n) is 3.58. The molecule has 2 aromatic carbocycles. The molecule has 2 amide bonds. The maximum atomic E-state index is 12.3. The number of carbonyl (C=O) groups is 2. The maximum Gasteiger partial charge on any atom is 0.273 e. The van der Waals surface area contributed by atoms with Crippen LogP contribution in [-0.2, 0) is 0 Å². The summed E-state index contributed by atoms with van der Waals surface area (Å²) in [4.78, 5) is 24.6. The van der Waals surface area contributed by atoms with Gasteiger partial charge in [0.05, 0.1) is 26.4 Å². The molecular weight excluding hydrogens is 372 g/mol. The van der Waals surface area contributed by atoms with Crippen molar-refractivity contribution < 1.29 is 23.8 Å². The summed E-state index contributed by atoms with van der Waals surface area (Å²) in [5, 5.41) is 0.375. The highest BCUT2D eigenvalue weighted by Gasteiger charge is 2.15. The molecule has 0 atom stereocenters. The Balaban J connectivity index is 2.07. The zero-order chi connectivity index (χ0) is 19.8. The molecule has 0 spiro atoms. The van der Waals surface area contributed by atoms with Crippen LogP contribution in [0.3, 0.4) is 0 Å². The Morgan fingerprint density at radius 3 is 2.26 bits per heavy atom. The van der Waals surface area contributed by atoms with Gasteiger partial charge in [-0.2, -0.15) is 0 Å². The minimum absolute atomic E-state index is 0.200. The first-order chi connectivity index (χ1) is 13.0. The monoisotopic (exact) mass is 392 g/mol. The van der Waals surface area contributed by atoms with Crippen molar-refractivity contribution >= 4 is 23.4 Å². The molecule has 0 saturated carbocycles. The smallest absolute Gasteiger partial charge is 0.273 e. The number of benzene rings is 2. The molecule has 0 unspecified atom stereocenters. The van der Waals surface area contributed by atoms with Gasteiger partial charge in [0, 0.05) is 10.6 Å². The van der Waals surface area contributed by atoms with Crippen molar-refractivity contribution in [3.05, 3.63) is 52.5 Å². The Hall–Kier alpha value is -2.93. The number of halogens is 1. The van der Waals surface area contributed by atoms with Crippen molar-refractivity contribution in [2.24, 2.45) is 0 Å². The largest absolute Gasteiger partial charge is 0.496 e. The Bertz CT molecular complexity index is 826. The van der Waals surface area contributed by atoms with Gasteiger partial charge in [0.15, 0.2) is 11.5 Å². The zero-order valence-electron chi connectivity index (χ0n) is 15.3. The van der Waals surface area contributed by atoms with Gasteiger partial charge in [0.25, 0.3) is 11.8 Å². The van der Waals surface area contributed by atoms with E-state index in [2.05, 4.69) is 10.9 Å². The number of hydrazine groups is 1. The van der Waals surface area contributed by atoms with E-state index in [-0.39, 0.29) is 5.56 Å². The fraction of sp³-hybridized carbons (Fsp3) is 0.263. The summed E-state index contributed by atoms with van der Waals surface area (Å²) in [6.07, 6.45) is 0.852. The molecule has 144 valence electrons. The van der Waals surface area contributed by atoms with Gasteiger partial charge in [-0.05, 0) is 42.8 Å². The van der Waals surface area contributed by atoms with Crippen LogP contribution < -0.4 is 25.1 Å². The van der Waals surface area contributed by atoms with Crippen molar-refractivity contribution in [2.75, 3.05) is 20.8 Å². The van der Waals surface area contributed by atoms with E-state index in [0.717, 1.165) is 6.42 Å². The average Bonchev–Trinajstić information content (AvgIpc) is 2.69. The Labute approximate surface area is 162 Å². The Morgan fingerprint density at radius 2 is 1.59 bits per heavy atom. The standard InChI is InChI=1S/C19H21ClN2O5/c1-4-9-27-16-7-5-12(10-17(16)26-3)18(23)21-22-19(24)14-11-13(20)6-8-15(14)25-2/h5-8,10-11H,4,9H2,1-3H3,(H,21,23)(H,22,24). The topological polar surface area (TPSA) is 85.9 Å². The van der Waals surface area contributed by atoms with Gasteiger partial charge in [-0.15, -0.1) is 0 Å². The van der Waals surface area contributed by atoms with Crippen LogP contribution in [0.25, 0.3) is 0 Å². The third kappa shape index (κ3) is 5.27. The molecule has 0 radical (unpaired) electrons. The molecule has 2 aromatic rings. The van der Waals surface area contributed by atoms with Crippen LogP contribution >= 0.6 is 11.6 Å². The van der Waals surface area contributed by atoms with Crippen LogP contribution in [0.5, 0.6) is 17.2 Å². The van der Waals surface area contributed by atoms with E-state index in [9.17, 15) is 9.59 Å². The SMILES string of the molecule is CCCOc1ccc(C(=O)NNC(=O)c2cc(Cl)ccc2OC)cc1OC. The molecule has 0 bridgehead atoms. The lowest BCUT2D eigenvalue weighted by Gasteiger charge is -2.13. The van der Waals surface area contributed by atoms with Crippen LogP contribution in [0.2, 0.25) is 5.02 Å². The summed E-state index contributed by atoms with van der Waals surface area (Å²) in [6.45, 7) is 2.53. The van der Waals surface area contributed by atoms with Crippen LogP contribution in [0, 0.1) is 0 Å². The van der Waals surface area contributed by atoms with Crippen molar-refractivity contribution in [3.8, 4) is 17.2 Å². The maximum absolute atomic E-state index is 12.3. The first-order valence-corrected chi connectivity index (χ1v) is 8.63. The second kappa shape index (κ2) is 9.68. The number of carbonyl (C=O) groups excluding carboxylic acids is 2. The summed E-state index contributed by atoms with van der Waals surface area (Å²) < 4.78 is 15.9. The van der Waals surface area contributed by atoms with E-state index in [4.69, 9.17) is 25.8 Å². The first-order valence-electron chi connectivity index (χ1n) is 8.25. The first kappa shape index (κ1) is 20.4. The highest BCUT2D eigenvalue weighted by Crippen LogP contribution is 2.28. The number of rotatable bonds is 7. The van der Waals surface area contributed by atoms with Gasteiger partial charge in [0.1, 0.15) is 5.75 Å². The number of methoxy groups -OCH3 is 2. The third-order valence-corrected chi connectivity index (χ3v) is 3.82. The predicted molar refractivity (Wildman–Crippen MR) is 102 cm³/mol. The fourth-order valence-electron chi connectivity index (χ4n) is 2.25. The Morgan fingerprint density at radius 1 is 0.926 bits per heavy atom. The van der Waals surface area contributed by atoms with E-state index in [1.54, 1.807) is 24.3 Å². The van der Waals surface area contributed by atoms with Gasteiger partial charge >= 0.3 is 0 Å². The van der Waals surface area contributed by atoms with Gasteiger partial charge in [0.2, 0.25) is 0 Å². The molecule has 2 N–H and O–H groups in total. The highest BCUT2D eigenvalue weighted by atomic mass is 35.5.